The molecule has 390 valence electrons. The van der Waals surface area contributed by atoms with Crippen LogP contribution in [0.15, 0.2) is 0 Å². The molecule has 0 aromatic rings. The average Bonchev–Trinajstić information content (AvgIpc) is 3.65. The first-order valence-corrected chi connectivity index (χ1v) is 24.0. The molecule has 0 radical (unpaired) electrons. The van der Waals surface area contributed by atoms with Crippen molar-refractivity contribution in [3.63, 3.8) is 0 Å². The molecule has 12 atom stereocenters. The molecular formula is C46H85N5O16. The number of aliphatic hydroxyl groups is 6. The second-order valence-corrected chi connectivity index (χ2v) is 19.6. The molecule has 12 N–H and O–H groups in total. The third kappa shape index (κ3) is 17.1. The normalized spacial score (nSPS) is 29.5. The number of fused-ring (bicyclic) bond motifs is 5. The molecule has 0 aromatic carbocycles. The quantitative estimate of drug-likeness (QED) is 0.0222. The SMILES string of the molecule is CC(CCC(=O)O)[C@H]1CCC2C3C(O)CC4CC(NC(=O)CCC(=O)NCCCCC(COO)N(CCN(CO)CO)CCN(CC(=O)O)CC(=O)O)CC[C@]4(C)C3CC(O)[C@@]21C.CO.CO. The van der Waals surface area contributed by atoms with Crippen molar-refractivity contribution in [2.24, 2.45) is 46.3 Å². The molecule has 0 aromatic heterocycles. The minimum Gasteiger partial charge on any atom is -0.481 e. The number of carbonyl (C=O) groups is 5. The van der Waals surface area contributed by atoms with Crippen LogP contribution in [-0.4, -0.2) is 200 Å². The summed E-state index contributed by atoms with van der Waals surface area (Å²) in [6.07, 6.45) is 6.84. The Morgan fingerprint density at radius 3 is 1.93 bits per heavy atom. The zero-order valence-electron chi connectivity index (χ0n) is 40.5. The van der Waals surface area contributed by atoms with Gasteiger partial charge in [0, 0.05) is 78.3 Å². The number of hydrogen-bond acceptors (Lipinski definition) is 16. The van der Waals surface area contributed by atoms with E-state index in [-0.39, 0.29) is 116 Å². The summed E-state index contributed by atoms with van der Waals surface area (Å²) in [5.41, 5.74) is -0.452. The van der Waals surface area contributed by atoms with Crippen molar-refractivity contribution in [1.29, 1.82) is 0 Å². The summed E-state index contributed by atoms with van der Waals surface area (Å²) in [7, 11) is 2.00. The van der Waals surface area contributed by atoms with E-state index in [1.807, 2.05) is 4.90 Å². The van der Waals surface area contributed by atoms with Gasteiger partial charge in [-0.3, -0.25) is 43.9 Å². The zero-order chi connectivity index (χ0) is 50.5. The van der Waals surface area contributed by atoms with E-state index >= 15 is 0 Å². The van der Waals surface area contributed by atoms with Crippen molar-refractivity contribution in [3.05, 3.63) is 0 Å². The number of aliphatic carboxylic acids is 3. The lowest BCUT2D eigenvalue weighted by Crippen LogP contribution is -2.63. The summed E-state index contributed by atoms with van der Waals surface area (Å²) in [4.78, 5) is 68.8. The number of aliphatic hydroxyl groups excluding tert-OH is 6. The second kappa shape index (κ2) is 29.8. The van der Waals surface area contributed by atoms with Gasteiger partial charge in [0.05, 0.1) is 45.4 Å². The van der Waals surface area contributed by atoms with Gasteiger partial charge in [-0.05, 0) is 111 Å². The van der Waals surface area contributed by atoms with Gasteiger partial charge in [0.15, 0.2) is 0 Å². The number of unbranched alkanes of at least 4 members (excludes halogenated alkanes) is 1. The maximum atomic E-state index is 13.1. The van der Waals surface area contributed by atoms with Crippen molar-refractivity contribution in [2.45, 2.75) is 135 Å². The van der Waals surface area contributed by atoms with E-state index in [2.05, 4.69) is 36.3 Å². The maximum absolute atomic E-state index is 13.1. The molecule has 0 spiro atoms. The molecule has 4 fully saturated rings. The lowest BCUT2D eigenvalue weighted by Gasteiger charge is -2.63. The lowest BCUT2D eigenvalue weighted by molar-refractivity contribution is -0.252. The minimum absolute atomic E-state index is 0.0142. The van der Waals surface area contributed by atoms with E-state index in [0.717, 1.165) is 46.3 Å². The summed E-state index contributed by atoms with van der Waals surface area (Å²) in [5, 5.41) is 99.8. The number of amides is 2. The van der Waals surface area contributed by atoms with E-state index in [9.17, 15) is 65.0 Å². The smallest absolute Gasteiger partial charge is 0.317 e. The number of hydrogen-bond donors (Lipinski definition) is 12. The van der Waals surface area contributed by atoms with Crippen LogP contribution in [0.3, 0.4) is 0 Å². The van der Waals surface area contributed by atoms with Crippen LogP contribution in [0.25, 0.3) is 0 Å². The van der Waals surface area contributed by atoms with Crippen molar-refractivity contribution in [3.8, 4) is 0 Å². The standard InChI is InChI=1S/C44H77N5O14.2CH4O/c1-28(7-12-39(56)57)32-8-9-33-42-34(22-36(53)44(32,33)3)43(2)14-13-30(20-29(43)21-35(42)52)46-38(55)11-10-37(54)45-15-5-4-6-31(25-63-62)49(19-17-48(26-50)27-51)18-16-47(23-40(58)59)24-41(60)61;2*1-2/h28-36,42,50-53,62H,4-27H2,1-3H3,(H,45,54)(H,46,55)(H,56,57)(H,58,59)(H,60,61);2*2H,1H3/t28?,29?,30?,31?,32-,33?,34?,35?,36?,42?,43+,44-;;/m1../s1. The first-order chi connectivity index (χ1) is 31.9. The fraction of sp³-hybridized carbons (Fsp3) is 0.891. The van der Waals surface area contributed by atoms with Crippen molar-refractivity contribution >= 4 is 29.7 Å². The van der Waals surface area contributed by atoms with Crippen LogP contribution in [0, 0.1) is 46.3 Å². The van der Waals surface area contributed by atoms with Gasteiger partial charge in [-0.25, -0.2) is 4.89 Å². The highest BCUT2D eigenvalue weighted by Crippen LogP contribution is 2.68. The number of carboxylic acids is 3. The van der Waals surface area contributed by atoms with E-state index in [1.165, 1.54) is 9.80 Å². The highest BCUT2D eigenvalue weighted by atomic mass is 17.1. The Bertz CT molecular complexity index is 1500. The van der Waals surface area contributed by atoms with Gasteiger partial charge >= 0.3 is 17.9 Å². The molecule has 0 aliphatic heterocycles. The van der Waals surface area contributed by atoms with E-state index in [1.54, 1.807) is 0 Å². The molecule has 21 nitrogen and oxygen atoms in total. The van der Waals surface area contributed by atoms with Crippen LogP contribution in [0.5, 0.6) is 0 Å². The molecule has 0 heterocycles. The Morgan fingerprint density at radius 2 is 1.34 bits per heavy atom. The fourth-order valence-corrected chi connectivity index (χ4v) is 12.4. The van der Waals surface area contributed by atoms with E-state index < -0.39 is 62.7 Å². The Labute approximate surface area is 395 Å². The number of nitrogens with one attached hydrogen (secondary N) is 2. The topological polar surface area (TPSA) is 331 Å². The van der Waals surface area contributed by atoms with Gasteiger partial charge < -0.3 is 56.6 Å². The summed E-state index contributed by atoms with van der Waals surface area (Å²) in [5.74, 6) is -2.68. The van der Waals surface area contributed by atoms with Gasteiger partial charge in [0.1, 0.15) is 0 Å². The Morgan fingerprint density at radius 1 is 0.731 bits per heavy atom. The summed E-state index contributed by atoms with van der Waals surface area (Å²) in [6, 6.07) is -0.464. The van der Waals surface area contributed by atoms with Gasteiger partial charge in [-0.15, -0.1) is 0 Å². The van der Waals surface area contributed by atoms with Crippen molar-refractivity contribution in [1.82, 2.24) is 25.3 Å². The molecule has 0 bridgehead atoms. The van der Waals surface area contributed by atoms with Gasteiger partial charge in [-0.1, -0.05) is 27.2 Å². The number of rotatable bonds is 28. The molecule has 4 aliphatic carbocycles. The first-order valence-electron chi connectivity index (χ1n) is 24.0. The van der Waals surface area contributed by atoms with Crippen LogP contribution < -0.4 is 10.6 Å². The highest BCUT2D eigenvalue weighted by Gasteiger charge is 2.65. The van der Waals surface area contributed by atoms with Crippen LogP contribution in [0.4, 0.5) is 0 Å². The monoisotopic (exact) mass is 964 g/mol. The van der Waals surface area contributed by atoms with Crippen LogP contribution in [-0.2, 0) is 28.9 Å². The number of carbonyl (C=O) groups excluding carboxylic acids is 2. The molecule has 0 saturated heterocycles. The molecule has 9 unspecified atom stereocenters. The van der Waals surface area contributed by atoms with Gasteiger partial charge in [-0.2, -0.15) is 0 Å². The highest BCUT2D eigenvalue weighted by molar-refractivity contribution is 5.83. The summed E-state index contributed by atoms with van der Waals surface area (Å²) < 4.78 is 0. The maximum Gasteiger partial charge on any atom is 0.317 e. The predicted octanol–water partition coefficient (Wildman–Crippen LogP) is 0.689. The number of nitrogens with zero attached hydrogens (tertiary/aromatic N) is 3. The molecule has 21 heteroatoms. The largest absolute Gasteiger partial charge is 0.481 e. The Kier molecular flexibility index (Phi) is 26.7. The third-order valence-electron chi connectivity index (χ3n) is 15.9. The summed E-state index contributed by atoms with van der Waals surface area (Å²) in [6.45, 7) is 5.87. The van der Waals surface area contributed by atoms with Crippen LogP contribution in [0.1, 0.15) is 111 Å². The minimum atomic E-state index is -1.18. The van der Waals surface area contributed by atoms with Gasteiger partial charge in [0.25, 0.3) is 0 Å². The fourth-order valence-electron chi connectivity index (χ4n) is 12.4. The lowest BCUT2D eigenvalue weighted by atomic mass is 9.43. The van der Waals surface area contributed by atoms with Crippen molar-refractivity contribution < 1.29 is 80.1 Å². The summed E-state index contributed by atoms with van der Waals surface area (Å²) >= 11 is 0. The van der Waals surface area contributed by atoms with Gasteiger partial charge in [0.2, 0.25) is 11.8 Å². The molecule has 67 heavy (non-hydrogen) atoms. The number of carboxylic acid groups (broad SMARTS) is 3. The third-order valence-corrected chi connectivity index (χ3v) is 15.9. The molecular weight excluding hydrogens is 879 g/mol. The molecule has 4 aliphatic rings. The first kappa shape index (κ1) is 60.0. The zero-order valence-corrected chi connectivity index (χ0v) is 40.5. The molecule has 4 saturated carbocycles. The Hall–Kier alpha value is -3.09. The second-order valence-electron chi connectivity index (χ2n) is 19.6. The van der Waals surface area contributed by atoms with E-state index in [4.69, 9.17) is 10.2 Å². The molecule has 2 amide bonds. The average molecular weight is 964 g/mol. The van der Waals surface area contributed by atoms with Crippen LogP contribution in [0.2, 0.25) is 0 Å². The van der Waals surface area contributed by atoms with Crippen molar-refractivity contribution in [2.75, 3.05) is 80.1 Å². The molecule has 4 rings (SSSR count). The predicted molar refractivity (Wildman–Crippen MR) is 245 cm³/mol. The Balaban J connectivity index is 0.00000375. The van der Waals surface area contributed by atoms with E-state index in [0.29, 0.717) is 45.1 Å². The van der Waals surface area contributed by atoms with Crippen LogP contribution >= 0.6 is 0 Å².